The van der Waals surface area contributed by atoms with Gasteiger partial charge in [0, 0.05) is 31.1 Å². The van der Waals surface area contributed by atoms with E-state index in [9.17, 15) is 4.79 Å². The quantitative estimate of drug-likeness (QED) is 0.311. The van der Waals surface area contributed by atoms with Gasteiger partial charge in [-0.1, -0.05) is 37.3 Å². The minimum Gasteiger partial charge on any atom is -0.445 e. The molecule has 2 N–H and O–H groups in total. The van der Waals surface area contributed by atoms with E-state index in [0.29, 0.717) is 31.7 Å². The molecule has 9 heteroatoms. The summed E-state index contributed by atoms with van der Waals surface area (Å²) in [6.07, 6.45) is 0.168. The lowest BCUT2D eigenvalue weighted by Crippen LogP contribution is -2.36. The summed E-state index contributed by atoms with van der Waals surface area (Å²) in [5.41, 5.74) is 2.99. The fraction of sp³-hybridized carbons (Fsp3) is 0.435. The zero-order valence-corrected chi connectivity index (χ0v) is 19.3. The number of amides is 1. The first-order valence-electron chi connectivity index (χ1n) is 10.8. The van der Waals surface area contributed by atoms with Gasteiger partial charge in [0.05, 0.1) is 11.4 Å². The molecule has 3 aromatic rings. The number of alkyl carbamates (subject to hydrolysis) is 1. The lowest BCUT2D eigenvalue weighted by molar-refractivity contribution is -0.142. The summed E-state index contributed by atoms with van der Waals surface area (Å²) in [4.78, 5) is 24.2. The third-order valence-electron chi connectivity index (χ3n) is 4.92. The number of rotatable bonds is 11. The number of fused-ring (bicyclic) bond motifs is 1. The number of carbonyl (C=O) groups excluding carboxylic acids is 1. The Morgan fingerprint density at radius 2 is 1.84 bits per heavy atom. The van der Waals surface area contributed by atoms with Crippen LogP contribution in [0.4, 0.5) is 4.79 Å². The maximum absolute atomic E-state index is 12.3. The van der Waals surface area contributed by atoms with Gasteiger partial charge in [0.2, 0.25) is 5.28 Å². The van der Waals surface area contributed by atoms with Crippen LogP contribution in [-0.4, -0.2) is 40.3 Å². The van der Waals surface area contributed by atoms with Crippen LogP contribution in [0.3, 0.4) is 0 Å². The molecule has 0 fully saturated rings. The highest BCUT2D eigenvalue weighted by Gasteiger charge is 2.20. The number of carbonyl (C=O) groups is 1. The number of benzene rings is 1. The molecule has 0 radical (unpaired) electrons. The highest BCUT2D eigenvalue weighted by atomic mass is 35.5. The Balaban J connectivity index is 1.73. The number of aromatic nitrogens is 3. The highest BCUT2D eigenvalue weighted by Crippen LogP contribution is 2.26. The Labute approximate surface area is 192 Å². The van der Waals surface area contributed by atoms with Gasteiger partial charge in [-0.15, -0.1) is 0 Å². The summed E-state index contributed by atoms with van der Waals surface area (Å²) in [6, 6.07) is 11.3. The van der Waals surface area contributed by atoms with Gasteiger partial charge in [0.1, 0.15) is 12.3 Å². The number of nitrogens with zero attached hydrogens (tertiary/aromatic N) is 2. The van der Waals surface area contributed by atoms with Crippen molar-refractivity contribution < 1.29 is 19.0 Å². The smallest absolute Gasteiger partial charge is 0.407 e. The van der Waals surface area contributed by atoms with E-state index < -0.39 is 12.4 Å². The summed E-state index contributed by atoms with van der Waals surface area (Å²) < 4.78 is 16.7. The molecule has 0 bridgehead atoms. The van der Waals surface area contributed by atoms with Gasteiger partial charge < -0.3 is 24.5 Å². The molecule has 172 valence electrons. The van der Waals surface area contributed by atoms with Crippen molar-refractivity contribution in [1.82, 2.24) is 20.3 Å². The molecule has 0 saturated heterocycles. The van der Waals surface area contributed by atoms with E-state index in [1.54, 1.807) is 0 Å². The van der Waals surface area contributed by atoms with E-state index in [2.05, 4.69) is 20.3 Å². The Hall–Kier alpha value is -2.68. The fourth-order valence-electron chi connectivity index (χ4n) is 3.34. The molecule has 1 unspecified atom stereocenters. The first-order valence-corrected chi connectivity index (χ1v) is 11.2. The van der Waals surface area contributed by atoms with Crippen molar-refractivity contribution in [1.29, 1.82) is 0 Å². The van der Waals surface area contributed by atoms with Crippen molar-refractivity contribution in [2.45, 2.75) is 52.6 Å². The van der Waals surface area contributed by atoms with Crippen molar-refractivity contribution >= 4 is 28.7 Å². The average molecular weight is 461 g/mol. The summed E-state index contributed by atoms with van der Waals surface area (Å²) in [7, 11) is 0. The second-order valence-corrected chi connectivity index (χ2v) is 7.52. The third kappa shape index (κ3) is 6.41. The molecule has 8 nitrogen and oxygen atoms in total. The van der Waals surface area contributed by atoms with E-state index in [1.165, 1.54) is 0 Å². The van der Waals surface area contributed by atoms with E-state index in [4.69, 9.17) is 25.8 Å². The van der Waals surface area contributed by atoms with Crippen LogP contribution in [0.5, 0.6) is 0 Å². The Kier molecular flexibility index (Phi) is 8.84. The van der Waals surface area contributed by atoms with Crippen LogP contribution in [0, 0.1) is 0 Å². The predicted octanol–water partition coefficient (Wildman–Crippen LogP) is 4.93. The summed E-state index contributed by atoms with van der Waals surface area (Å²) in [6.45, 7) is 7.03. The van der Waals surface area contributed by atoms with E-state index in [1.807, 2.05) is 57.2 Å². The van der Waals surface area contributed by atoms with E-state index >= 15 is 0 Å². The molecule has 1 atom stereocenters. The van der Waals surface area contributed by atoms with E-state index in [0.717, 1.165) is 22.3 Å². The van der Waals surface area contributed by atoms with Crippen molar-refractivity contribution in [3.63, 3.8) is 0 Å². The Morgan fingerprint density at radius 3 is 2.50 bits per heavy atom. The Bertz CT molecular complexity index is 1010. The lowest BCUT2D eigenvalue weighted by atomic mass is 10.1. The monoisotopic (exact) mass is 460 g/mol. The molecular formula is C23H29ClN4O4. The van der Waals surface area contributed by atoms with Crippen molar-refractivity contribution in [3.8, 4) is 0 Å². The number of aromatic amines is 1. The minimum absolute atomic E-state index is 0.131. The lowest BCUT2D eigenvalue weighted by Gasteiger charge is -2.17. The number of hydrogen-bond acceptors (Lipinski definition) is 6. The van der Waals surface area contributed by atoms with Gasteiger partial charge in [-0.05, 0) is 43.5 Å². The third-order valence-corrected chi connectivity index (χ3v) is 5.09. The van der Waals surface area contributed by atoms with Gasteiger partial charge in [0.25, 0.3) is 0 Å². The van der Waals surface area contributed by atoms with Crippen LogP contribution in [-0.2, 0) is 27.2 Å². The van der Waals surface area contributed by atoms with Crippen molar-refractivity contribution in [2.75, 3.05) is 13.2 Å². The average Bonchev–Trinajstić information content (AvgIpc) is 3.22. The van der Waals surface area contributed by atoms with Gasteiger partial charge in [-0.25, -0.2) is 9.78 Å². The van der Waals surface area contributed by atoms with Crippen LogP contribution in [0.2, 0.25) is 5.28 Å². The molecule has 1 amide bonds. The molecule has 0 saturated carbocycles. The van der Waals surface area contributed by atoms with Crippen molar-refractivity contribution in [2.24, 2.45) is 0 Å². The summed E-state index contributed by atoms with van der Waals surface area (Å²) in [5.74, 6) is 0. The number of halogens is 1. The van der Waals surface area contributed by atoms with Gasteiger partial charge in [-0.2, -0.15) is 4.98 Å². The van der Waals surface area contributed by atoms with Crippen LogP contribution < -0.4 is 5.32 Å². The molecule has 2 aromatic heterocycles. The maximum atomic E-state index is 12.3. The van der Waals surface area contributed by atoms with Crippen LogP contribution >= 0.6 is 11.6 Å². The SMILES string of the molecule is CCOC(OCC)c1cc2c(CC(CC)NC(=O)OCc3ccccc3)nc(Cl)nc2[nH]1. The molecule has 2 heterocycles. The second kappa shape index (κ2) is 11.8. The maximum Gasteiger partial charge on any atom is 0.407 e. The zero-order chi connectivity index (χ0) is 22.9. The van der Waals surface area contributed by atoms with Crippen LogP contribution in [0.15, 0.2) is 36.4 Å². The molecule has 32 heavy (non-hydrogen) atoms. The number of nitrogens with one attached hydrogen (secondary N) is 2. The van der Waals surface area contributed by atoms with Crippen molar-refractivity contribution in [3.05, 3.63) is 58.6 Å². The normalized spacial score (nSPS) is 12.3. The van der Waals surface area contributed by atoms with Crippen LogP contribution in [0.25, 0.3) is 11.0 Å². The first-order chi connectivity index (χ1) is 15.5. The predicted molar refractivity (Wildman–Crippen MR) is 122 cm³/mol. The Morgan fingerprint density at radius 1 is 1.12 bits per heavy atom. The first kappa shape index (κ1) is 24.0. The van der Waals surface area contributed by atoms with Gasteiger partial charge >= 0.3 is 6.09 Å². The molecule has 0 aliphatic carbocycles. The summed E-state index contributed by atoms with van der Waals surface area (Å²) >= 11 is 6.17. The van der Waals surface area contributed by atoms with E-state index in [-0.39, 0.29) is 17.9 Å². The largest absolute Gasteiger partial charge is 0.445 e. The molecule has 0 spiro atoms. The van der Waals surface area contributed by atoms with Gasteiger partial charge in [0.15, 0.2) is 6.29 Å². The second-order valence-electron chi connectivity index (χ2n) is 7.18. The molecular weight excluding hydrogens is 432 g/mol. The number of ether oxygens (including phenoxy) is 3. The zero-order valence-electron chi connectivity index (χ0n) is 18.6. The number of hydrogen-bond donors (Lipinski definition) is 2. The van der Waals surface area contributed by atoms with Crippen LogP contribution in [0.1, 0.15) is 50.4 Å². The number of H-pyrrole nitrogens is 1. The van der Waals surface area contributed by atoms with Gasteiger partial charge in [-0.3, -0.25) is 0 Å². The molecule has 3 rings (SSSR count). The standard InChI is InChI=1S/C23H29ClN4O4/c1-4-16(25-23(29)32-14-15-10-8-7-9-11-15)12-18-17-13-19(21(30-5-2)31-6-3)26-20(17)28-22(24)27-18/h7-11,13,16,21H,4-6,12,14H2,1-3H3,(H,25,29)(H,26,27,28). The molecule has 0 aliphatic heterocycles. The topological polar surface area (TPSA) is 98.4 Å². The highest BCUT2D eigenvalue weighted by molar-refractivity contribution is 6.28. The molecule has 0 aliphatic rings. The molecule has 1 aromatic carbocycles. The summed E-state index contributed by atoms with van der Waals surface area (Å²) in [5, 5.41) is 3.86. The minimum atomic E-state index is -0.529. The fourth-order valence-corrected chi connectivity index (χ4v) is 3.52.